The second-order valence-electron chi connectivity index (χ2n) is 8.95. The Morgan fingerprint density at radius 3 is 2.62 bits per heavy atom. The van der Waals surface area contributed by atoms with Gasteiger partial charge in [-0.2, -0.15) is 5.10 Å². The van der Waals surface area contributed by atoms with E-state index in [4.69, 9.17) is 4.42 Å². The summed E-state index contributed by atoms with van der Waals surface area (Å²) in [5.74, 6) is 2.70. The first-order valence-corrected chi connectivity index (χ1v) is 12.1. The maximum Gasteiger partial charge on any atom is 0.226 e. The molecular formula is C25H35N7O2. The summed E-state index contributed by atoms with van der Waals surface area (Å²) in [6.45, 7) is 15.1. The second-order valence-corrected chi connectivity index (χ2v) is 8.95. The van der Waals surface area contributed by atoms with Crippen LogP contribution in [0.25, 0.3) is 17.4 Å². The predicted molar refractivity (Wildman–Crippen MR) is 132 cm³/mol. The minimum absolute atomic E-state index is 0.0640. The lowest BCUT2D eigenvalue weighted by atomic mass is 10.2. The molecule has 0 aliphatic carbocycles. The van der Waals surface area contributed by atoms with Crippen LogP contribution < -0.4 is 5.32 Å². The van der Waals surface area contributed by atoms with E-state index in [2.05, 4.69) is 44.0 Å². The highest BCUT2D eigenvalue weighted by molar-refractivity contribution is 5.90. The zero-order valence-corrected chi connectivity index (χ0v) is 20.8. The van der Waals surface area contributed by atoms with Gasteiger partial charge in [-0.1, -0.05) is 13.8 Å². The third kappa shape index (κ3) is 5.53. The van der Waals surface area contributed by atoms with Gasteiger partial charge in [0.2, 0.25) is 5.91 Å². The van der Waals surface area contributed by atoms with Crippen LogP contribution in [-0.2, 0) is 4.79 Å². The summed E-state index contributed by atoms with van der Waals surface area (Å²) in [6.07, 6.45) is 1.58. The summed E-state index contributed by atoms with van der Waals surface area (Å²) >= 11 is 0. The first-order chi connectivity index (χ1) is 16.4. The van der Waals surface area contributed by atoms with E-state index in [-0.39, 0.29) is 5.91 Å². The van der Waals surface area contributed by atoms with Gasteiger partial charge in [-0.3, -0.25) is 9.69 Å². The second kappa shape index (κ2) is 10.5. The van der Waals surface area contributed by atoms with Gasteiger partial charge in [-0.15, -0.1) is 0 Å². The number of aryl methyl sites for hydroxylation is 3. The fourth-order valence-electron chi connectivity index (χ4n) is 4.65. The third-order valence-corrected chi connectivity index (χ3v) is 6.40. The minimum Gasteiger partial charge on any atom is -0.458 e. The van der Waals surface area contributed by atoms with Crippen LogP contribution in [0.4, 0.5) is 5.82 Å². The molecule has 3 aromatic heterocycles. The number of anilines is 1. The van der Waals surface area contributed by atoms with Crippen molar-refractivity contribution in [3.05, 3.63) is 41.4 Å². The Balaban J connectivity index is 1.47. The summed E-state index contributed by atoms with van der Waals surface area (Å²) in [5, 5.41) is 7.50. The lowest BCUT2D eigenvalue weighted by Crippen LogP contribution is -2.37. The Bertz CT molecular complexity index is 1130. The highest BCUT2D eigenvalue weighted by atomic mass is 16.3. The standard InChI is InChI=1S/C25H35N7O2/c1-6-31(7-2)20-10-12-30(16-20)13-11-24(33)26-22-15-23(32-18(4)14-17(3)29-32)28-25(27-22)21-9-8-19(5)34-21/h8-9,14-15,20H,6-7,10-13,16H2,1-5H3,(H,26,27,28,33). The number of rotatable bonds is 9. The first-order valence-electron chi connectivity index (χ1n) is 12.1. The zero-order valence-electron chi connectivity index (χ0n) is 20.8. The summed E-state index contributed by atoms with van der Waals surface area (Å²) in [5.41, 5.74) is 1.84. The number of carbonyl (C=O) groups excluding carboxylic acids is 1. The Kier molecular flexibility index (Phi) is 7.43. The smallest absolute Gasteiger partial charge is 0.226 e. The summed E-state index contributed by atoms with van der Waals surface area (Å²) in [7, 11) is 0. The molecule has 34 heavy (non-hydrogen) atoms. The van der Waals surface area contributed by atoms with E-state index in [0.29, 0.717) is 35.7 Å². The molecule has 0 saturated carbocycles. The van der Waals surface area contributed by atoms with Crippen molar-refractivity contribution in [2.75, 3.05) is 38.0 Å². The van der Waals surface area contributed by atoms with E-state index in [9.17, 15) is 4.79 Å². The molecule has 0 aromatic carbocycles. The number of aromatic nitrogens is 4. The van der Waals surface area contributed by atoms with Crippen LogP contribution in [0.3, 0.4) is 0 Å². The predicted octanol–water partition coefficient (Wildman–Crippen LogP) is 3.59. The van der Waals surface area contributed by atoms with E-state index in [1.54, 1.807) is 10.7 Å². The monoisotopic (exact) mass is 465 g/mol. The zero-order chi connectivity index (χ0) is 24.2. The van der Waals surface area contributed by atoms with Crippen molar-refractivity contribution in [3.8, 4) is 17.4 Å². The van der Waals surface area contributed by atoms with Crippen LogP contribution in [0.15, 0.2) is 28.7 Å². The highest BCUT2D eigenvalue weighted by Gasteiger charge is 2.26. The van der Waals surface area contributed by atoms with Gasteiger partial charge in [0.15, 0.2) is 17.4 Å². The van der Waals surface area contributed by atoms with E-state index in [1.807, 2.05) is 39.0 Å². The molecule has 1 aliphatic rings. The van der Waals surface area contributed by atoms with Crippen molar-refractivity contribution in [3.63, 3.8) is 0 Å². The molecule has 9 heteroatoms. The number of nitrogens with one attached hydrogen (secondary N) is 1. The Labute approximate surface area is 201 Å². The van der Waals surface area contributed by atoms with Crippen LogP contribution in [0.5, 0.6) is 0 Å². The van der Waals surface area contributed by atoms with Crippen molar-refractivity contribution in [2.24, 2.45) is 0 Å². The molecule has 1 fully saturated rings. The number of likely N-dealkylation sites (tertiary alicyclic amines) is 1. The molecule has 4 heterocycles. The van der Waals surface area contributed by atoms with Gasteiger partial charge in [-0.05, 0) is 65.0 Å². The van der Waals surface area contributed by atoms with Gasteiger partial charge < -0.3 is 14.6 Å². The van der Waals surface area contributed by atoms with Crippen LogP contribution in [0.1, 0.15) is 43.8 Å². The lowest BCUT2D eigenvalue weighted by Gasteiger charge is -2.26. The minimum atomic E-state index is -0.0640. The molecule has 1 N–H and O–H groups in total. The molecule has 9 nitrogen and oxygen atoms in total. The van der Waals surface area contributed by atoms with E-state index < -0.39 is 0 Å². The van der Waals surface area contributed by atoms with Crippen molar-refractivity contribution in [1.82, 2.24) is 29.5 Å². The molecule has 3 aromatic rings. The summed E-state index contributed by atoms with van der Waals surface area (Å²) in [4.78, 5) is 26.9. The normalized spacial score (nSPS) is 16.5. The Hall–Kier alpha value is -3.04. The maximum atomic E-state index is 12.8. The van der Waals surface area contributed by atoms with Gasteiger partial charge in [0, 0.05) is 37.3 Å². The number of nitrogens with zero attached hydrogens (tertiary/aromatic N) is 6. The SMILES string of the molecule is CCN(CC)C1CCN(CCC(=O)Nc2cc(-n3nc(C)cc3C)nc(-c3ccc(C)o3)n2)C1. The van der Waals surface area contributed by atoms with E-state index in [1.165, 1.54) is 0 Å². The average molecular weight is 466 g/mol. The average Bonchev–Trinajstić information content (AvgIpc) is 3.53. The van der Waals surface area contributed by atoms with Crippen LogP contribution in [-0.4, -0.2) is 74.2 Å². The Morgan fingerprint density at radius 1 is 1.18 bits per heavy atom. The number of furan rings is 1. The van der Waals surface area contributed by atoms with Gasteiger partial charge in [-0.25, -0.2) is 14.6 Å². The molecular weight excluding hydrogens is 430 g/mol. The van der Waals surface area contributed by atoms with Crippen LogP contribution >= 0.6 is 0 Å². The number of likely N-dealkylation sites (N-methyl/N-ethyl adjacent to an activating group) is 1. The molecule has 0 radical (unpaired) electrons. The molecule has 1 saturated heterocycles. The topological polar surface area (TPSA) is 92.3 Å². The van der Waals surface area contributed by atoms with Crippen molar-refractivity contribution in [1.29, 1.82) is 0 Å². The van der Waals surface area contributed by atoms with E-state index in [0.717, 1.165) is 56.3 Å². The fraction of sp³-hybridized carbons (Fsp3) is 0.520. The van der Waals surface area contributed by atoms with Crippen molar-refractivity contribution >= 4 is 11.7 Å². The number of hydrogen-bond donors (Lipinski definition) is 1. The molecule has 1 atom stereocenters. The molecule has 0 spiro atoms. The lowest BCUT2D eigenvalue weighted by molar-refractivity contribution is -0.116. The first kappa shape index (κ1) is 24.1. The maximum absolute atomic E-state index is 12.8. The van der Waals surface area contributed by atoms with Gasteiger partial charge in [0.05, 0.1) is 5.69 Å². The molecule has 182 valence electrons. The van der Waals surface area contributed by atoms with Gasteiger partial charge in [0.1, 0.15) is 11.6 Å². The van der Waals surface area contributed by atoms with Gasteiger partial charge in [0.25, 0.3) is 0 Å². The van der Waals surface area contributed by atoms with E-state index >= 15 is 0 Å². The van der Waals surface area contributed by atoms with Crippen molar-refractivity contribution in [2.45, 2.75) is 53.5 Å². The third-order valence-electron chi connectivity index (χ3n) is 6.40. The van der Waals surface area contributed by atoms with Crippen molar-refractivity contribution < 1.29 is 9.21 Å². The molecule has 1 aliphatic heterocycles. The van der Waals surface area contributed by atoms with Crippen LogP contribution in [0.2, 0.25) is 0 Å². The largest absolute Gasteiger partial charge is 0.458 e. The fourth-order valence-corrected chi connectivity index (χ4v) is 4.65. The Morgan fingerprint density at radius 2 is 1.97 bits per heavy atom. The number of amides is 1. The molecule has 4 rings (SSSR count). The van der Waals surface area contributed by atoms with Crippen LogP contribution in [0, 0.1) is 20.8 Å². The van der Waals surface area contributed by atoms with Gasteiger partial charge >= 0.3 is 0 Å². The molecule has 1 unspecified atom stereocenters. The number of hydrogen-bond acceptors (Lipinski definition) is 7. The molecule has 0 bridgehead atoms. The highest BCUT2D eigenvalue weighted by Crippen LogP contribution is 2.23. The quantitative estimate of drug-likeness (QED) is 0.516. The molecule has 1 amide bonds. The summed E-state index contributed by atoms with van der Waals surface area (Å²) in [6, 6.07) is 8.03. The summed E-state index contributed by atoms with van der Waals surface area (Å²) < 4.78 is 7.49. The number of carbonyl (C=O) groups is 1.